The molecule has 8 heteroatoms. The number of hydrogen-bond acceptors (Lipinski definition) is 5. The summed E-state index contributed by atoms with van der Waals surface area (Å²) in [7, 11) is -3.68. The molecular formula is C22H23N3O4S. The number of rotatable bonds is 7. The van der Waals surface area contributed by atoms with Crippen molar-refractivity contribution >= 4 is 39.5 Å². The van der Waals surface area contributed by atoms with Crippen molar-refractivity contribution in [3.05, 3.63) is 71.1 Å². The summed E-state index contributed by atoms with van der Waals surface area (Å²) >= 11 is 0. The third-order valence-electron chi connectivity index (χ3n) is 4.36. The van der Waals surface area contributed by atoms with Gasteiger partial charge >= 0.3 is 0 Å². The van der Waals surface area contributed by atoms with Crippen molar-refractivity contribution in [1.82, 2.24) is 5.16 Å². The summed E-state index contributed by atoms with van der Waals surface area (Å²) in [5.41, 5.74) is 3.36. The van der Waals surface area contributed by atoms with Gasteiger partial charge in [-0.05, 0) is 55.3 Å². The summed E-state index contributed by atoms with van der Waals surface area (Å²) in [4.78, 5) is 11.8. The fraction of sp³-hybridized carbons (Fsp3) is 0.182. The molecule has 0 aliphatic rings. The minimum absolute atomic E-state index is 0.133. The van der Waals surface area contributed by atoms with E-state index in [1.54, 1.807) is 56.3 Å². The normalized spacial score (nSPS) is 11.6. The molecule has 0 atom stereocenters. The fourth-order valence-electron chi connectivity index (χ4n) is 2.73. The Kier molecular flexibility index (Phi) is 6.37. The molecule has 0 unspecified atom stereocenters. The van der Waals surface area contributed by atoms with E-state index in [1.165, 1.54) is 12.1 Å². The largest absolute Gasteiger partial charge is 0.354 e. The van der Waals surface area contributed by atoms with Crippen LogP contribution in [0.4, 0.5) is 11.4 Å². The van der Waals surface area contributed by atoms with Crippen LogP contribution in [-0.4, -0.2) is 19.5 Å². The molecule has 2 N–H and O–H groups in total. The Hall–Kier alpha value is -3.39. The molecule has 0 fully saturated rings. The highest BCUT2D eigenvalue weighted by molar-refractivity contribution is 7.92. The van der Waals surface area contributed by atoms with E-state index in [4.69, 9.17) is 4.52 Å². The fourth-order valence-corrected chi connectivity index (χ4v) is 3.78. The average Bonchev–Trinajstić information content (AvgIpc) is 3.05. The second kappa shape index (κ2) is 8.96. The number of nitrogens with zero attached hydrogens (tertiary/aromatic N) is 1. The van der Waals surface area contributed by atoms with Gasteiger partial charge in [0.15, 0.2) is 5.76 Å². The van der Waals surface area contributed by atoms with Gasteiger partial charge < -0.3 is 9.84 Å². The number of hydrogen-bond donors (Lipinski definition) is 2. The van der Waals surface area contributed by atoms with Crippen LogP contribution in [0, 0.1) is 13.8 Å². The van der Waals surface area contributed by atoms with Gasteiger partial charge in [-0.15, -0.1) is 0 Å². The SMILES string of the molecule is CCC(=O)Nc1c(C)noc1C=Cc1ccc(S(=O)(=O)Nc2cccc(C)c2)cc1. The van der Waals surface area contributed by atoms with Crippen LogP contribution >= 0.6 is 0 Å². The molecule has 0 aliphatic heterocycles. The maximum atomic E-state index is 12.6. The minimum atomic E-state index is -3.68. The summed E-state index contributed by atoms with van der Waals surface area (Å²) in [6, 6.07) is 13.6. The lowest BCUT2D eigenvalue weighted by molar-refractivity contribution is -0.115. The molecule has 156 valence electrons. The van der Waals surface area contributed by atoms with E-state index in [2.05, 4.69) is 15.2 Å². The van der Waals surface area contributed by atoms with Crippen molar-refractivity contribution in [3.63, 3.8) is 0 Å². The summed E-state index contributed by atoms with van der Waals surface area (Å²) in [5, 5.41) is 6.65. The van der Waals surface area contributed by atoms with E-state index in [0.717, 1.165) is 11.1 Å². The Morgan fingerprint density at radius 1 is 1.10 bits per heavy atom. The van der Waals surface area contributed by atoms with Crippen LogP contribution in [0.15, 0.2) is 57.9 Å². The number of carbonyl (C=O) groups is 1. The lowest BCUT2D eigenvalue weighted by atomic mass is 10.2. The predicted octanol–water partition coefficient (Wildman–Crippen LogP) is 4.61. The first-order valence-electron chi connectivity index (χ1n) is 9.42. The molecule has 3 aromatic rings. The van der Waals surface area contributed by atoms with Crippen LogP contribution in [0.5, 0.6) is 0 Å². The van der Waals surface area contributed by atoms with E-state index in [-0.39, 0.29) is 10.8 Å². The molecule has 0 saturated heterocycles. The van der Waals surface area contributed by atoms with Crippen LogP contribution in [-0.2, 0) is 14.8 Å². The Balaban J connectivity index is 1.75. The van der Waals surface area contributed by atoms with Gasteiger partial charge in [-0.25, -0.2) is 8.42 Å². The molecule has 1 amide bonds. The topological polar surface area (TPSA) is 101 Å². The highest BCUT2D eigenvalue weighted by Crippen LogP contribution is 2.23. The van der Waals surface area contributed by atoms with Crippen LogP contribution in [0.25, 0.3) is 12.2 Å². The highest BCUT2D eigenvalue weighted by atomic mass is 32.2. The third kappa shape index (κ3) is 5.15. The maximum Gasteiger partial charge on any atom is 0.261 e. The number of aryl methyl sites for hydroxylation is 2. The number of aromatic nitrogens is 1. The zero-order valence-corrected chi connectivity index (χ0v) is 17.8. The van der Waals surface area contributed by atoms with Crippen molar-refractivity contribution in [1.29, 1.82) is 0 Å². The zero-order valence-electron chi connectivity index (χ0n) is 17.0. The standard InChI is InChI=1S/C22H23N3O4S/c1-4-21(26)23-22-16(3)24-29-20(22)13-10-17-8-11-19(12-9-17)30(27,28)25-18-7-5-6-15(2)14-18/h5-14,25H,4H2,1-3H3,(H,23,26). The second-order valence-electron chi connectivity index (χ2n) is 6.79. The monoisotopic (exact) mass is 425 g/mol. The molecule has 1 aromatic heterocycles. The van der Waals surface area contributed by atoms with Crippen LogP contribution < -0.4 is 10.0 Å². The van der Waals surface area contributed by atoms with Gasteiger partial charge in [0.2, 0.25) is 5.91 Å². The number of amides is 1. The van der Waals surface area contributed by atoms with E-state index >= 15 is 0 Å². The van der Waals surface area contributed by atoms with Crippen molar-refractivity contribution in [2.45, 2.75) is 32.1 Å². The summed E-state index contributed by atoms with van der Waals surface area (Å²) < 4.78 is 33.0. The lowest BCUT2D eigenvalue weighted by Crippen LogP contribution is -2.12. The lowest BCUT2D eigenvalue weighted by Gasteiger charge is -2.09. The Morgan fingerprint density at radius 3 is 2.50 bits per heavy atom. The third-order valence-corrected chi connectivity index (χ3v) is 5.76. The van der Waals surface area contributed by atoms with Gasteiger partial charge in [-0.3, -0.25) is 9.52 Å². The summed E-state index contributed by atoms with van der Waals surface area (Å²) in [5.74, 6) is 0.290. The molecule has 3 rings (SSSR count). The van der Waals surface area contributed by atoms with Crippen molar-refractivity contribution in [2.24, 2.45) is 0 Å². The molecule has 0 radical (unpaired) electrons. The number of anilines is 2. The summed E-state index contributed by atoms with van der Waals surface area (Å²) in [6.07, 6.45) is 3.78. The highest BCUT2D eigenvalue weighted by Gasteiger charge is 2.15. The van der Waals surface area contributed by atoms with Crippen LogP contribution in [0.3, 0.4) is 0 Å². The molecule has 2 aromatic carbocycles. The Bertz CT molecular complexity index is 1180. The molecule has 7 nitrogen and oxygen atoms in total. The minimum Gasteiger partial charge on any atom is -0.354 e. The number of benzene rings is 2. The van der Waals surface area contributed by atoms with E-state index in [0.29, 0.717) is 29.2 Å². The van der Waals surface area contributed by atoms with Crippen molar-refractivity contribution in [3.8, 4) is 0 Å². The molecule has 0 bridgehead atoms. The Labute approximate surface area is 175 Å². The molecule has 30 heavy (non-hydrogen) atoms. The molecular weight excluding hydrogens is 402 g/mol. The van der Waals surface area contributed by atoms with Gasteiger partial charge in [0.05, 0.1) is 4.90 Å². The van der Waals surface area contributed by atoms with Gasteiger partial charge in [0.25, 0.3) is 10.0 Å². The number of carbonyl (C=O) groups excluding carboxylic acids is 1. The zero-order chi connectivity index (χ0) is 21.7. The van der Waals surface area contributed by atoms with E-state index < -0.39 is 10.0 Å². The predicted molar refractivity (Wildman–Crippen MR) is 118 cm³/mol. The van der Waals surface area contributed by atoms with Crippen molar-refractivity contribution < 1.29 is 17.7 Å². The van der Waals surface area contributed by atoms with Gasteiger partial charge in [-0.1, -0.05) is 42.4 Å². The van der Waals surface area contributed by atoms with Gasteiger partial charge in [-0.2, -0.15) is 0 Å². The molecule has 0 saturated carbocycles. The number of nitrogens with one attached hydrogen (secondary N) is 2. The number of sulfonamides is 1. The molecule has 0 aliphatic carbocycles. The first-order valence-corrected chi connectivity index (χ1v) is 10.9. The summed E-state index contributed by atoms with van der Waals surface area (Å²) in [6.45, 7) is 5.40. The average molecular weight is 426 g/mol. The first kappa shape index (κ1) is 21.3. The smallest absolute Gasteiger partial charge is 0.261 e. The Morgan fingerprint density at radius 2 is 1.83 bits per heavy atom. The van der Waals surface area contributed by atoms with E-state index in [1.807, 2.05) is 13.0 Å². The van der Waals surface area contributed by atoms with Gasteiger partial charge in [0, 0.05) is 12.1 Å². The first-order chi connectivity index (χ1) is 14.3. The van der Waals surface area contributed by atoms with Crippen molar-refractivity contribution in [2.75, 3.05) is 10.0 Å². The quantitative estimate of drug-likeness (QED) is 0.576. The molecule has 0 spiro atoms. The van der Waals surface area contributed by atoms with Crippen LogP contribution in [0.1, 0.15) is 35.9 Å². The molecule has 1 heterocycles. The van der Waals surface area contributed by atoms with E-state index in [9.17, 15) is 13.2 Å². The second-order valence-corrected chi connectivity index (χ2v) is 8.47. The van der Waals surface area contributed by atoms with Gasteiger partial charge in [0.1, 0.15) is 11.4 Å². The maximum absolute atomic E-state index is 12.6. The van der Waals surface area contributed by atoms with Crippen LogP contribution in [0.2, 0.25) is 0 Å².